The molecular weight excluding hydrogens is 182 g/mol. The normalized spacial score (nSPS) is 11.7. The van der Waals surface area contributed by atoms with Crippen molar-refractivity contribution in [2.75, 3.05) is 6.54 Å². The van der Waals surface area contributed by atoms with E-state index in [0.717, 1.165) is 6.54 Å². The van der Waals surface area contributed by atoms with Crippen LogP contribution >= 0.6 is 0 Å². The second-order valence-corrected chi connectivity index (χ2v) is 5.12. The summed E-state index contributed by atoms with van der Waals surface area (Å²) in [6.07, 6.45) is 3.73. The SMILES string of the molecule is CC(C)(C)NCCCCc1ccccc1. The molecule has 0 radical (unpaired) electrons. The summed E-state index contributed by atoms with van der Waals surface area (Å²) in [5, 5.41) is 3.51. The van der Waals surface area contributed by atoms with Gasteiger partial charge in [-0.25, -0.2) is 0 Å². The first kappa shape index (κ1) is 12.3. The zero-order valence-electron chi connectivity index (χ0n) is 10.2. The first-order chi connectivity index (χ1) is 7.08. The van der Waals surface area contributed by atoms with Crippen LogP contribution in [0.15, 0.2) is 30.3 Å². The van der Waals surface area contributed by atoms with Gasteiger partial charge in [-0.3, -0.25) is 0 Å². The Kier molecular flexibility index (Phi) is 4.83. The molecule has 15 heavy (non-hydrogen) atoms. The third kappa shape index (κ3) is 6.29. The van der Waals surface area contributed by atoms with Crippen LogP contribution in [0, 0.1) is 0 Å². The molecule has 1 heteroatoms. The molecule has 0 saturated carbocycles. The zero-order chi connectivity index (χ0) is 11.1. The summed E-state index contributed by atoms with van der Waals surface area (Å²) in [5.41, 5.74) is 1.71. The van der Waals surface area contributed by atoms with Gasteiger partial charge in [-0.2, -0.15) is 0 Å². The van der Waals surface area contributed by atoms with Crippen LogP contribution < -0.4 is 5.32 Å². The minimum absolute atomic E-state index is 0.257. The van der Waals surface area contributed by atoms with Gasteiger partial charge in [0.05, 0.1) is 0 Å². The van der Waals surface area contributed by atoms with Crippen LogP contribution in [0.4, 0.5) is 0 Å². The van der Waals surface area contributed by atoms with Crippen LogP contribution in [0.25, 0.3) is 0 Å². The van der Waals surface area contributed by atoms with Crippen molar-refractivity contribution in [2.24, 2.45) is 0 Å². The fourth-order valence-corrected chi connectivity index (χ4v) is 1.56. The fourth-order valence-electron chi connectivity index (χ4n) is 1.56. The third-order valence-corrected chi connectivity index (χ3v) is 2.39. The highest BCUT2D eigenvalue weighted by molar-refractivity contribution is 5.14. The van der Waals surface area contributed by atoms with Gasteiger partial charge in [-0.1, -0.05) is 30.3 Å². The lowest BCUT2D eigenvalue weighted by molar-refractivity contribution is 0.419. The highest BCUT2D eigenvalue weighted by atomic mass is 14.9. The Balaban J connectivity index is 2.08. The summed E-state index contributed by atoms with van der Waals surface area (Å²) in [6.45, 7) is 7.76. The van der Waals surface area contributed by atoms with Gasteiger partial charge in [0.25, 0.3) is 0 Å². The minimum Gasteiger partial charge on any atom is -0.312 e. The summed E-state index contributed by atoms with van der Waals surface area (Å²) in [4.78, 5) is 0. The lowest BCUT2D eigenvalue weighted by Gasteiger charge is -2.20. The topological polar surface area (TPSA) is 12.0 Å². The molecule has 0 aliphatic heterocycles. The molecule has 1 nitrogen and oxygen atoms in total. The molecule has 1 aromatic carbocycles. The maximum atomic E-state index is 3.51. The lowest BCUT2D eigenvalue weighted by atomic mass is 10.1. The van der Waals surface area contributed by atoms with Crippen molar-refractivity contribution < 1.29 is 0 Å². The van der Waals surface area contributed by atoms with Gasteiger partial charge in [0.1, 0.15) is 0 Å². The molecule has 0 unspecified atom stereocenters. The number of benzene rings is 1. The van der Waals surface area contributed by atoms with Crippen molar-refractivity contribution in [1.29, 1.82) is 0 Å². The highest BCUT2D eigenvalue weighted by Gasteiger charge is 2.06. The summed E-state index contributed by atoms with van der Waals surface area (Å²) in [5.74, 6) is 0. The number of rotatable bonds is 5. The molecule has 0 aliphatic rings. The summed E-state index contributed by atoms with van der Waals surface area (Å²) < 4.78 is 0. The van der Waals surface area contributed by atoms with E-state index in [-0.39, 0.29) is 5.54 Å². The standard InChI is InChI=1S/C14H23N/c1-14(2,3)15-12-8-7-11-13-9-5-4-6-10-13/h4-6,9-10,15H,7-8,11-12H2,1-3H3. The molecule has 0 saturated heterocycles. The van der Waals surface area contributed by atoms with E-state index in [4.69, 9.17) is 0 Å². The first-order valence-corrected chi connectivity index (χ1v) is 5.87. The van der Waals surface area contributed by atoms with E-state index in [1.165, 1.54) is 24.8 Å². The van der Waals surface area contributed by atoms with Crippen molar-refractivity contribution in [2.45, 2.75) is 45.6 Å². The molecular formula is C14H23N. The Morgan fingerprint density at radius 3 is 2.27 bits per heavy atom. The van der Waals surface area contributed by atoms with E-state index in [1.807, 2.05) is 0 Å². The third-order valence-electron chi connectivity index (χ3n) is 2.39. The van der Waals surface area contributed by atoms with Crippen molar-refractivity contribution in [3.05, 3.63) is 35.9 Å². The van der Waals surface area contributed by atoms with Crippen LogP contribution in [0.5, 0.6) is 0 Å². The fraction of sp³-hybridized carbons (Fsp3) is 0.571. The van der Waals surface area contributed by atoms with Gasteiger partial charge in [0, 0.05) is 5.54 Å². The van der Waals surface area contributed by atoms with Crippen LogP contribution in [0.1, 0.15) is 39.2 Å². The van der Waals surface area contributed by atoms with E-state index < -0.39 is 0 Å². The van der Waals surface area contributed by atoms with Crippen LogP contribution in [-0.4, -0.2) is 12.1 Å². The summed E-state index contributed by atoms with van der Waals surface area (Å²) in [7, 11) is 0. The molecule has 0 fully saturated rings. The van der Waals surface area contributed by atoms with Crippen molar-refractivity contribution >= 4 is 0 Å². The largest absolute Gasteiger partial charge is 0.312 e. The van der Waals surface area contributed by atoms with E-state index in [0.29, 0.717) is 0 Å². The molecule has 0 spiro atoms. The number of nitrogens with one attached hydrogen (secondary N) is 1. The Hall–Kier alpha value is -0.820. The Morgan fingerprint density at radius 1 is 1.00 bits per heavy atom. The lowest BCUT2D eigenvalue weighted by Crippen LogP contribution is -2.36. The Morgan fingerprint density at radius 2 is 1.67 bits per heavy atom. The molecule has 84 valence electrons. The average Bonchev–Trinajstić information content (AvgIpc) is 2.17. The van der Waals surface area contributed by atoms with Crippen molar-refractivity contribution in [3.63, 3.8) is 0 Å². The first-order valence-electron chi connectivity index (χ1n) is 5.87. The second kappa shape index (κ2) is 5.92. The predicted molar refractivity (Wildman–Crippen MR) is 67.1 cm³/mol. The zero-order valence-corrected chi connectivity index (χ0v) is 10.2. The quantitative estimate of drug-likeness (QED) is 0.726. The van der Waals surface area contributed by atoms with E-state index >= 15 is 0 Å². The van der Waals surface area contributed by atoms with Crippen LogP contribution in [0.2, 0.25) is 0 Å². The van der Waals surface area contributed by atoms with Crippen LogP contribution in [0.3, 0.4) is 0 Å². The van der Waals surface area contributed by atoms with E-state index in [9.17, 15) is 0 Å². The van der Waals surface area contributed by atoms with Gasteiger partial charge >= 0.3 is 0 Å². The van der Waals surface area contributed by atoms with Crippen molar-refractivity contribution in [1.82, 2.24) is 5.32 Å². The monoisotopic (exact) mass is 205 g/mol. The molecule has 0 heterocycles. The summed E-state index contributed by atoms with van der Waals surface area (Å²) in [6, 6.07) is 10.7. The van der Waals surface area contributed by atoms with Gasteiger partial charge < -0.3 is 5.32 Å². The predicted octanol–water partition coefficient (Wildman–Crippen LogP) is 3.40. The van der Waals surface area contributed by atoms with Gasteiger partial charge in [-0.05, 0) is 52.1 Å². The van der Waals surface area contributed by atoms with E-state index in [1.54, 1.807) is 0 Å². The second-order valence-electron chi connectivity index (χ2n) is 5.12. The van der Waals surface area contributed by atoms with Gasteiger partial charge in [-0.15, -0.1) is 0 Å². The molecule has 0 aliphatic carbocycles. The average molecular weight is 205 g/mol. The maximum Gasteiger partial charge on any atom is 0.00965 e. The highest BCUT2D eigenvalue weighted by Crippen LogP contribution is 2.05. The molecule has 0 aromatic heterocycles. The van der Waals surface area contributed by atoms with Crippen molar-refractivity contribution in [3.8, 4) is 0 Å². The van der Waals surface area contributed by atoms with E-state index in [2.05, 4.69) is 56.4 Å². The molecule has 0 atom stereocenters. The molecule has 0 amide bonds. The van der Waals surface area contributed by atoms with Gasteiger partial charge in [0.15, 0.2) is 0 Å². The number of hydrogen-bond donors (Lipinski definition) is 1. The molecule has 1 N–H and O–H groups in total. The minimum atomic E-state index is 0.257. The smallest absolute Gasteiger partial charge is 0.00965 e. The molecule has 1 aromatic rings. The van der Waals surface area contributed by atoms with Gasteiger partial charge in [0.2, 0.25) is 0 Å². The number of hydrogen-bond acceptors (Lipinski definition) is 1. The number of aryl methyl sites for hydroxylation is 1. The Bertz CT molecular complexity index is 258. The molecule has 1 rings (SSSR count). The number of unbranched alkanes of at least 4 members (excludes halogenated alkanes) is 1. The maximum absolute atomic E-state index is 3.51. The summed E-state index contributed by atoms with van der Waals surface area (Å²) >= 11 is 0. The van der Waals surface area contributed by atoms with Crippen LogP contribution in [-0.2, 0) is 6.42 Å². The Labute approximate surface area is 93.9 Å². The molecule has 0 bridgehead atoms.